The van der Waals surface area contributed by atoms with Crippen molar-refractivity contribution in [1.29, 1.82) is 0 Å². The Hall–Kier alpha value is -3.36. The molecule has 5 rings (SSSR count). The molecule has 2 saturated heterocycles. The third-order valence-corrected chi connectivity index (χ3v) is 6.90. The number of nitrogens with zero attached hydrogens (tertiary/aromatic N) is 2. The molecule has 1 amide bonds. The monoisotopic (exact) mass is 478 g/mol. The summed E-state index contributed by atoms with van der Waals surface area (Å²) in [6.45, 7) is 5.86. The van der Waals surface area contributed by atoms with Gasteiger partial charge in [-0.25, -0.2) is 0 Å². The average molecular weight is 479 g/mol. The molecule has 0 aliphatic carbocycles. The summed E-state index contributed by atoms with van der Waals surface area (Å²) in [4.78, 5) is 30.3. The quantitative estimate of drug-likeness (QED) is 0.388. The number of aliphatic hydroxyl groups is 1. The summed E-state index contributed by atoms with van der Waals surface area (Å²) in [5.74, 6) is 0.0213. The topological polar surface area (TPSA) is 88.5 Å². The van der Waals surface area contributed by atoms with Crippen LogP contribution in [0.2, 0.25) is 0 Å². The molecule has 0 aromatic heterocycles. The van der Waals surface area contributed by atoms with Crippen LogP contribution >= 0.6 is 0 Å². The molecule has 3 heterocycles. The van der Waals surface area contributed by atoms with E-state index >= 15 is 0 Å². The van der Waals surface area contributed by atoms with E-state index in [0.29, 0.717) is 37.6 Å². The number of benzene rings is 2. The van der Waals surface area contributed by atoms with Crippen LogP contribution in [0.4, 0.5) is 0 Å². The van der Waals surface area contributed by atoms with Gasteiger partial charge in [-0.1, -0.05) is 12.1 Å². The standard InChI is InChI=1S/C27H30N2O6/c1-17-15-20-16-19(5-8-22(20)35-17)25(30)23-24(18-3-6-21(33-2)7-4-18)29(27(32)26(23)31)10-9-28-11-13-34-14-12-28/h3-8,16-17,24,30H,9-15H2,1-2H3/b25-23+/t17-,24-/m0/s1. The zero-order valence-corrected chi connectivity index (χ0v) is 20.0. The van der Waals surface area contributed by atoms with Gasteiger partial charge in [-0.15, -0.1) is 0 Å². The van der Waals surface area contributed by atoms with Crippen molar-refractivity contribution >= 4 is 17.4 Å². The van der Waals surface area contributed by atoms with Gasteiger partial charge < -0.3 is 24.2 Å². The van der Waals surface area contributed by atoms with Crippen molar-refractivity contribution in [3.8, 4) is 11.5 Å². The number of fused-ring (bicyclic) bond motifs is 1. The highest BCUT2D eigenvalue weighted by Crippen LogP contribution is 2.40. The number of aliphatic hydroxyl groups excluding tert-OH is 1. The molecular formula is C27H30N2O6. The number of Topliss-reactive ketones (excluding diaryl/α,β-unsaturated/α-hetero) is 1. The lowest BCUT2D eigenvalue weighted by Gasteiger charge is -2.31. The summed E-state index contributed by atoms with van der Waals surface area (Å²) in [7, 11) is 1.59. The molecule has 2 fully saturated rings. The number of hydrogen-bond donors (Lipinski definition) is 1. The minimum absolute atomic E-state index is 0.0625. The molecule has 184 valence electrons. The van der Waals surface area contributed by atoms with Gasteiger partial charge in [-0.3, -0.25) is 14.5 Å². The Labute approximate surface area is 204 Å². The van der Waals surface area contributed by atoms with Crippen LogP contribution in [0, 0.1) is 0 Å². The van der Waals surface area contributed by atoms with E-state index in [-0.39, 0.29) is 17.4 Å². The van der Waals surface area contributed by atoms with E-state index in [1.54, 1.807) is 30.2 Å². The lowest BCUT2D eigenvalue weighted by molar-refractivity contribution is -0.140. The van der Waals surface area contributed by atoms with E-state index < -0.39 is 17.7 Å². The van der Waals surface area contributed by atoms with Crippen LogP contribution in [0.3, 0.4) is 0 Å². The van der Waals surface area contributed by atoms with Crippen LogP contribution in [-0.2, 0) is 20.7 Å². The fourth-order valence-electron chi connectivity index (χ4n) is 5.04. The molecule has 8 nitrogen and oxygen atoms in total. The van der Waals surface area contributed by atoms with E-state index in [0.717, 1.165) is 36.4 Å². The highest BCUT2D eigenvalue weighted by atomic mass is 16.5. The number of likely N-dealkylation sites (tertiary alicyclic amines) is 1. The van der Waals surface area contributed by atoms with Gasteiger partial charge >= 0.3 is 0 Å². The number of carbonyl (C=O) groups is 2. The predicted octanol–water partition coefficient (Wildman–Crippen LogP) is 2.77. The molecule has 3 aliphatic rings. The summed E-state index contributed by atoms with van der Waals surface area (Å²) in [5.41, 5.74) is 2.33. The fraction of sp³-hybridized carbons (Fsp3) is 0.407. The maximum atomic E-state index is 13.3. The average Bonchev–Trinajstić information content (AvgIpc) is 3.38. The molecular weight excluding hydrogens is 448 g/mol. The largest absolute Gasteiger partial charge is 0.507 e. The van der Waals surface area contributed by atoms with Gasteiger partial charge in [-0.2, -0.15) is 0 Å². The first-order valence-corrected chi connectivity index (χ1v) is 12.0. The van der Waals surface area contributed by atoms with Gasteiger partial charge in [-0.05, 0) is 48.4 Å². The smallest absolute Gasteiger partial charge is 0.295 e. The normalized spacial score (nSPS) is 23.9. The van der Waals surface area contributed by atoms with Crippen LogP contribution in [0.25, 0.3) is 5.76 Å². The fourth-order valence-corrected chi connectivity index (χ4v) is 5.04. The third kappa shape index (κ3) is 4.51. The molecule has 0 spiro atoms. The Bertz CT molecular complexity index is 1150. The van der Waals surface area contributed by atoms with Gasteiger partial charge in [0.15, 0.2) is 0 Å². The molecule has 2 atom stereocenters. The second-order valence-corrected chi connectivity index (χ2v) is 9.17. The molecule has 0 saturated carbocycles. The number of carbonyl (C=O) groups excluding carboxylic acids is 2. The van der Waals surface area contributed by atoms with Crippen LogP contribution in [0.15, 0.2) is 48.0 Å². The molecule has 35 heavy (non-hydrogen) atoms. The van der Waals surface area contributed by atoms with Crippen LogP contribution in [0.5, 0.6) is 11.5 Å². The van der Waals surface area contributed by atoms with Crippen molar-refractivity contribution in [2.75, 3.05) is 46.5 Å². The van der Waals surface area contributed by atoms with Crippen molar-refractivity contribution in [2.24, 2.45) is 0 Å². The van der Waals surface area contributed by atoms with Gasteiger partial charge in [0, 0.05) is 38.2 Å². The van der Waals surface area contributed by atoms with Crippen LogP contribution in [0.1, 0.15) is 29.7 Å². The predicted molar refractivity (Wildman–Crippen MR) is 129 cm³/mol. The number of ketones is 1. The SMILES string of the molecule is COc1ccc([C@H]2/C(=C(\O)c3ccc4c(c3)C[C@H](C)O4)C(=O)C(=O)N2CCN2CCOCC2)cc1. The molecule has 3 aliphatic heterocycles. The maximum absolute atomic E-state index is 13.3. The Balaban J connectivity index is 1.53. The molecule has 2 aromatic rings. The van der Waals surface area contributed by atoms with E-state index in [1.807, 2.05) is 31.2 Å². The highest BCUT2D eigenvalue weighted by Gasteiger charge is 2.46. The first-order chi connectivity index (χ1) is 17.0. The number of rotatable bonds is 6. The summed E-state index contributed by atoms with van der Waals surface area (Å²) < 4.78 is 16.5. The van der Waals surface area contributed by atoms with Gasteiger partial charge in [0.05, 0.1) is 31.9 Å². The van der Waals surface area contributed by atoms with E-state index in [4.69, 9.17) is 14.2 Å². The zero-order valence-electron chi connectivity index (χ0n) is 20.0. The number of methoxy groups -OCH3 is 1. The molecule has 0 bridgehead atoms. The molecule has 1 N–H and O–H groups in total. The molecule has 0 unspecified atom stereocenters. The second kappa shape index (κ2) is 9.71. The van der Waals surface area contributed by atoms with Crippen molar-refractivity contribution in [2.45, 2.75) is 25.5 Å². The minimum atomic E-state index is -0.689. The van der Waals surface area contributed by atoms with Crippen LogP contribution in [-0.4, -0.2) is 79.2 Å². The van der Waals surface area contributed by atoms with Gasteiger partial charge in [0.25, 0.3) is 11.7 Å². The summed E-state index contributed by atoms with van der Waals surface area (Å²) in [5, 5.41) is 11.4. The van der Waals surface area contributed by atoms with Crippen molar-refractivity contribution < 1.29 is 28.9 Å². The lowest BCUT2D eigenvalue weighted by atomic mass is 9.94. The van der Waals surface area contributed by atoms with E-state index in [2.05, 4.69) is 4.90 Å². The second-order valence-electron chi connectivity index (χ2n) is 9.17. The van der Waals surface area contributed by atoms with E-state index in [9.17, 15) is 14.7 Å². The third-order valence-electron chi connectivity index (χ3n) is 6.90. The number of ether oxygens (including phenoxy) is 3. The Morgan fingerprint density at radius 3 is 2.54 bits per heavy atom. The molecule has 0 radical (unpaired) electrons. The first kappa shape index (κ1) is 23.4. The van der Waals surface area contributed by atoms with Crippen LogP contribution < -0.4 is 9.47 Å². The number of hydrogen-bond acceptors (Lipinski definition) is 7. The highest BCUT2D eigenvalue weighted by molar-refractivity contribution is 6.46. The Morgan fingerprint density at radius 1 is 1.09 bits per heavy atom. The molecule has 2 aromatic carbocycles. The van der Waals surface area contributed by atoms with Gasteiger partial charge in [0.1, 0.15) is 23.4 Å². The Kier molecular flexibility index (Phi) is 6.49. The summed E-state index contributed by atoms with van der Waals surface area (Å²) in [6, 6.07) is 12.0. The maximum Gasteiger partial charge on any atom is 0.295 e. The number of amides is 1. The van der Waals surface area contributed by atoms with Crippen molar-refractivity contribution in [3.05, 3.63) is 64.7 Å². The number of morpholine rings is 1. The van der Waals surface area contributed by atoms with E-state index in [1.165, 1.54) is 0 Å². The summed E-state index contributed by atoms with van der Waals surface area (Å²) >= 11 is 0. The van der Waals surface area contributed by atoms with Crippen molar-refractivity contribution in [3.63, 3.8) is 0 Å². The Morgan fingerprint density at radius 2 is 1.83 bits per heavy atom. The minimum Gasteiger partial charge on any atom is -0.507 e. The molecule has 8 heteroatoms. The summed E-state index contributed by atoms with van der Waals surface area (Å²) in [6.07, 6.45) is 0.791. The zero-order chi connectivity index (χ0) is 24.5. The lowest BCUT2D eigenvalue weighted by Crippen LogP contribution is -2.42. The first-order valence-electron chi connectivity index (χ1n) is 12.0. The van der Waals surface area contributed by atoms with Gasteiger partial charge in [0.2, 0.25) is 0 Å². The van der Waals surface area contributed by atoms with Crippen molar-refractivity contribution in [1.82, 2.24) is 9.80 Å².